The van der Waals surface area contributed by atoms with Gasteiger partial charge >= 0.3 is 0 Å². The summed E-state index contributed by atoms with van der Waals surface area (Å²) in [4.78, 5) is 13.7. The first kappa shape index (κ1) is 27.3. The van der Waals surface area contributed by atoms with Gasteiger partial charge in [-0.15, -0.1) is 0 Å². The Balaban J connectivity index is 1.71. The lowest BCUT2D eigenvalue weighted by atomic mass is 9.83. The van der Waals surface area contributed by atoms with Gasteiger partial charge in [0.25, 0.3) is 10.0 Å². The summed E-state index contributed by atoms with van der Waals surface area (Å²) in [5.41, 5.74) is 0.655. The number of anilines is 1. The number of carbonyl (C=O) groups is 1. The highest BCUT2D eigenvalue weighted by Gasteiger charge is 2.39. The molecule has 1 unspecified atom stereocenters. The van der Waals surface area contributed by atoms with Gasteiger partial charge in [-0.3, -0.25) is 9.10 Å². The number of hydrogen-bond acceptors (Lipinski definition) is 6. The molecule has 0 saturated carbocycles. The van der Waals surface area contributed by atoms with Crippen LogP contribution in [0.1, 0.15) is 44.7 Å². The number of amides is 1. The van der Waals surface area contributed by atoms with E-state index in [0.717, 1.165) is 28.5 Å². The van der Waals surface area contributed by atoms with Gasteiger partial charge in [-0.25, -0.2) is 8.42 Å². The van der Waals surface area contributed by atoms with Crippen molar-refractivity contribution in [3.8, 4) is 17.2 Å². The van der Waals surface area contributed by atoms with Crippen molar-refractivity contribution in [1.29, 1.82) is 0 Å². The van der Waals surface area contributed by atoms with Crippen molar-refractivity contribution in [2.24, 2.45) is 0 Å². The Morgan fingerprint density at radius 3 is 2.34 bits per heavy atom. The fourth-order valence-corrected chi connectivity index (χ4v) is 6.26. The predicted octanol–water partition coefficient (Wildman–Crippen LogP) is 5.10. The molecule has 1 amide bonds. The van der Waals surface area contributed by atoms with Gasteiger partial charge in [0.05, 0.1) is 30.8 Å². The van der Waals surface area contributed by atoms with Gasteiger partial charge in [-0.1, -0.05) is 50.2 Å². The fourth-order valence-electron chi connectivity index (χ4n) is 4.81. The summed E-state index contributed by atoms with van der Waals surface area (Å²) < 4.78 is 46.0. The highest BCUT2D eigenvalue weighted by molar-refractivity contribution is 7.92. The molecule has 1 atom stereocenters. The van der Waals surface area contributed by atoms with E-state index in [1.165, 1.54) is 26.4 Å². The van der Waals surface area contributed by atoms with E-state index in [4.69, 9.17) is 14.2 Å². The number of hydrogen-bond donors (Lipinski definition) is 1. The smallest absolute Gasteiger partial charge is 0.264 e. The topological polar surface area (TPSA) is 94.2 Å². The standard InChI is InChI=1S/C29H34N2O6S/c1-5-29(6-2)19-24(23-14-10-11-15-26(23)37-29)30-28(32)20-31(38(33,34)22-12-8-7-9-13-22)25-18-21(35-3)16-17-27(25)36-4/h7-18,24H,5-6,19-20H2,1-4H3,(H,30,32). The van der Waals surface area contributed by atoms with E-state index in [1.807, 2.05) is 24.3 Å². The minimum atomic E-state index is -4.13. The number of nitrogens with one attached hydrogen (secondary N) is 1. The van der Waals surface area contributed by atoms with Gasteiger partial charge in [0.2, 0.25) is 5.91 Å². The van der Waals surface area contributed by atoms with Crippen LogP contribution in [0.5, 0.6) is 17.2 Å². The van der Waals surface area contributed by atoms with Crippen LogP contribution in [0.25, 0.3) is 0 Å². The van der Waals surface area contributed by atoms with E-state index in [0.29, 0.717) is 17.9 Å². The van der Waals surface area contributed by atoms with Crippen LogP contribution in [-0.2, 0) is 14.8 Å². The van der Waals surface area contributed by atoms with Gasteiger partial charge in [0, 0.05) is 18.1 Å². The molecule has 0 fully saturated rings. The Morgan fingerprint density at radius 1 is 1.00 bits per heavy atom. The zero-order valence-electron chi connectivity index (χ0n) is 22.1. The first-order chi connectivity index (χ1) is 18.3. The Hall–Kier alpha value is -3.72. The highest BCUT2D eigenvalue weighted by Crippen LogP contribution is 2.43. The highest BCUT2D eigenvalue weighted by atomic mass is 32.2. The summed E-state index contributed by atoms with van der Waals surface area (Å²) in [6, 6.07) is 20.2. The van der Waals surface area contributed by atoms with Crippen LogP contribution in [0.15, 0.2) is 77.7 Å². The molecule has 9 heteroatoms. The fraction of sp³-hybridized carbons (Fsp3) is 0.345. The summed E-state index contributed by atoms with van der Waals surface area (Å²) in [6.07, 6.45) is 2.14. The Kier molecular flexibility index (Phi) is 8.16. The Morgan fingerprint density at radius 2 is 1.68 bits per heavy atom. The van der Waals surface area contributed by atoms with Crippen LogP contribution in [0.3, 0.4) is 0 Å². The number of methoxy groups -OCH3 is 2. The Bertz CT molecular complexity index is 1370. The molecule has 0 bridgehead atoms. The quantitative estimate of drug-likeness (QED) is 0.386. The second kappa shape index (κ2) is 11.3. The van der Waals surface area contributed by atoms with Crippen LogP contribution in [0.2, 0.25) is 0 Å². The summed E-state index contributed by atoms with van der Waals surface area (Å²) in [5.74, 6) is 1.02. The lowest BCUT2D eigenvalue weighted by molar-refractivity contribution is -0.121. The number of sulfonamides is 1. The van der Waals surface area contributed by atoms with Crippen LogP contribution in [-0.4, -0.2) is 40.7 Å². The van der Waals surface area contributed by atoms with Gasteiger partial charge < -0.3 is 19.5 Å². The number of carbonyl (C=O) groups excluding carboxylic acids is 1. The molecule has 1 heterocycles. The zero-order valence-corrected chi connectivity index (χ0v) is 23.0. The third-order valence-corrected chi connectivity index (χ3v) is 8.87. The molecule has 0 spiro atoms. The van der Waals surface area contributed by atoms with Crippen molar-refractivity contribution in [2.75, 3.05) is 25.1 Å². The molecule has 202 valence electrons. The van der Waals surface area contributed by atoms with Crippen LogP contribution in [0, 0.1) is 0 Å². The molecule has 4 rings (SSSR count). The molecular weight excluding hydrogens is 504 g/mol. The van der Waals surface area contributed by atoms with Crippen molar-refractivity contribution in [1.82, 2.24) is 5.32 Å². The molecular formula is C29H34N2O6S. The van der Waals surface area contributed by atoms with Crippen LogP contribution in [0.4, 0.5) is 5.69 Å². The molecule has 38 heavy (non-hydrogen) atoms. The van der Waals surface area contributed by atoms with E-state index in [-0.39, 0.29) is 16.6 Å². The van der Waals surface area contributed by atoms with E-state index in [1.54, 1.807) is 36.4 Å². The molecule has 8 nitrogen and oxygen atoms in total. The largest absolute Gasteiger partial charge is 0.497 e. The maximum atomic E-state index is 13.9. The van der Waals surface area contributed by atoms with Gasteiger partial charge in [-0.2, -0.15) is 0 Å². The number of ether oxygens (including phenoxy) is 3. The SMILES string of the molecule is CCC1(CC)CC(NC(=O)CN(c2cc(OC)ccc2OC)S(=O)(=O)c2ccccc2)c2ccccc2O1. The minimum absolute atomic E-state index is 0.0602. The molecule has 1 aliphatic heterocycles. The molecule has 3 aromatic rings. The van der Waals surface area contributed by atoms with Gasteiger partial charge in [0.1, 0.15) is 29.4 Å². The van der Waals surface area contributed by atoms with Crippen molar-refractivity contribution in [3.63, 3.8) is 0 Å². The second-order valence-corrected chi connectivity index (χ2v) is 11.1. The van der Waals surface area contributed by atoms with Crippen molar-refractivity contribution in [2.45, 2.75) is 49.6 Å². The summed E-state index contributed by atoms with van der Waals surface area (Å²) in [7, 11) is -1.19. The first-order valence-corrected chi connectivity index (χ1v) is 14.1. The number of para-hydroxylation sites is 1. The zero-order chi connectivity index (χ0) is 27.3. The predicted molar refractivity (Wildman–Crippen MR) is 146 cm³/mol. The van der Waals surface area contributed by atoms with E-state index in [2.05, 4.69) is 19.2 Å². The van der Waals surface area contributed by atoms with Crippen molar-refractivity contribution < 1.29 is 27.4 Å². The number of nitrogens with zero attached hydrogens (tertiary/aromatic N) is 1. The van der Waals surface area contributed by atoms with Crippen LogP contribution < -0.4 is 23.8 Å². The van der Waals surface area contributed by atoms with E-state index in [9.17, 15) is 13.2 Å². The van der Waals surface area contributed by atoms with Crippen LogP contribution >= 0.6 is 0 Å². The monoisotopic (exact) mass is 538 g/mol. The number of fused-ring (bicyclic) bond motifs is 1. The third kappa shape index (κ3) is 5.43. The van der Waals surface area contributed by atoms with E-state index < -0.39 is 28.1 Å². The molecule has 1 N–H and O–H groups in total. The molecule has 1 aliphatic rings. The van der Waals surface area contributed by atoms with Crippen molar-refractivity contribution in [3.05, 3.63) is 78.4 Å². The maximum Gasteiger partial charge on any atom is 0.264 e. The Labute approximate surface area is 224 Å². The molecule has 0 saturated heterocycles. The van der Waals surface area contributed by atoms with Gasteiger partial charge in [-0.05, 0) is 43.2 Å². The lowest BCUT2D eigenvalue weighted by Crippen LogP contribution is -2.47. The second-order valence-electron chi connectivity index (χ2n) is 9.22. The number of rotatable bonds is 10. The van der Waals surface area contributed by atoms with Gasteiger partial charge in [0.15, 0.2) is 0 Å². The lowest BCUT2D eigenvalue weighted by Gasteiger charge is -2.41. The number of benzene rings is 3. The molecule has 0 aromatic heterocycles. The average molecular weight is 539 g/mol. The first-order valence-electron chi connectivity index (χ1n) is 12.6. The summed E-state index contributed by atoms with van der Waals surface area (Å²) in [5, 5.41) is 3.09. The van der Waals surface area contributed by atoms with E-state index >= 15 is 0 Å². The van der Waals surface area contributed by atoms with Crippen molar-refractivity contribution >= 4 is 21.6 Å². The average Bonchev–Trinajstić information content (AvgIpc) is 2.95. The third-order valence-electron chi connectivity index (χ3n) is 7.09. The summed E-state index contributed by atoms with van der Waals surface area (Å²) >= 11 is 0. The summed E-state index contributed by atoms with van der Waals surface area (Å²) in [6.45, 7) is 3.69. The minimum Gasteiger partial charge on any atom is -0.497 e. The maximum absolute atomic E-state index is 13.9. The molecule has 0 aliphatic carbocycles. The molecule has 0 radical (unpaired) electrons. The normalized spacial score (nSPS) is 16.1. The molecule has 3 aromatic carbocycles.